The molecule has 7 nitrogen and oxygen atoms in total. The Hall–Kier alpha value is -2.09. The molecule has 0 bridgehead atoms. The quantitative estimate of drug-likeness (QED) is 0.726. The maximum atomic E-state index is 13.2. The molecule has 0 aliphatic carbocycles. The Morgan fingerprint density at radius 1 is 1.22 bits per heavy atom. The second-order valence-electron chi connectivity index (χ2n) is 7.34. The molecule has 1 aliphatic heterocycles. The Bertz CT molecular complexity index is 699. The summed E-state index contributed by atoms with van der Waals surface area (Å²) in [5.41, 5.74) is -0.0934. The Morgan fingerprint density at radius 2 is 1.85 bits per heavy atom. The number of likely N-dealkylation sites (tertiary alicyclic amines) is 1. The molecule has 0 saturated carbocycles. The second kappa shape index (κ2) is 8.73. The van der Waals surface area contributed by atoms with Gasteiger partial charge in [-0.3, -0.25) is 4.79 Å². The normalized spacial score (nSPS) is 18.0. The van der Waals surface area contributed by atoms with Crippen molar-refractivity contribution >= 4 is 33.9 Å². The number of halogens is 1. The molecular formula is C19H25BrN2O5. The minimum Gasteiger partial charge on any atom is -0.467 e. The summed E-state index contributed by atoms with van der Waals surface area (Å²) >= 11 is 3.36. The van der Waals surface area contributed by atoms with Crippen LogP contribution >= 0.6 is 15.9 Å². The highest BCUT2D eigenvalue weighted by Gasteiger charge is 2.39. The molecule has 0 spiro atoms. The molecule has 1 aromatic rings. The van der Waals surface area contributed by atoms with E-state index in [0.29, 0.717) is 24.9 Å². The molecule has 2 atom stereocenters. The van der Waals surface area contributed by atoms with Crippen LogP contribution in [0.3, 0.4) is 0 Å². The number of methoxy groups -OCH3 is 1. The minimum atomic E-state index is -0.960. The molecule has 1 aromatic carbocycles. The van der Waals surface area contributed by atoms with Crippen molar-refractivity contribution in [2.24, 2.45) is 0 Å². The van der Waals surface area contributed by atoms with Crippen LogP contribution in [-0.4, -0.2) is 48.2 Å². The monoisotopic (exact) mass is 440 g/mol. The van der Waals surface area contributed by atoms with E-state index in [9.17, 15) is 14.4 Å². The first-order valence-corrected chi connectivity index (χ1v) is 9.55. The Kier molecular flexibility index (Phi) is 6.86. The van der Waals surface area contributed by atoms with Crippen LogP contribution < -0.4 is 5.32 Å². The fraction of sp³-hybridized carbons (Fsp3) is 0.526. The van der Waals surface area contributed by atoms with Crippen LogP contribution in [0.5, 0.6) is 0 Å². The first kappa shape index (κ1) is 21.2. The molecule has 148 valence electrons. The Labute approximate surface area is 167 Å². The number of alkyl carbamates (subject to hydrolysis) is 1. The van der Waals surface area contributed by atoms with E-state index in [1.54, 1.807) is 45.0 Å². The van der Waals surface area contributed by atoms with E-state index >= 15 is 0 Å². The number of benzene rings is 1. The average molecular weight is 441 g/mol. The largest absolute Gasteiger partial charge is 0.467 e. The molecule has 1 fully saturated rings. The zero-order chi connectivity index (χ0) is 20.2. The fourth-order valence-electron chi connectivity index (χ4n) is 2.95. The van der Waals surface area contributed by atoms with Crippen LogP contribution in [0.25, 0.3) is 0 Å². The van der Waals surface area contributed by atoms with Gasteiger partial charge in [-0.15, -0.1) is 0 Å². The van der Waals surface area contributed by atoms with Gasteiger partial charge in [0.25, 0.3) is 5.91 Å². The Morgan fingerprint density at radius 3 is 2.41 bits per heavy atom. The van der Waals surface area contributed by atoms with Gasteiger partial charge < -0.3 is 19.7 Å². The fourth-order valence-corrected chi connectivity index (χ4v) is 3.21. The third kappa shape index (κ3) is 5.69. The summed E-state index contributed by atoms with van der Waals surface area (Å²) in [6.45, 7) is 5.67. The van der Waals surface area contributed by atoms with Gasteiger partial charge in [-0.2, -0.15) is 0 Å². The predicted octanol–water partition coefficient (Wildman–Crippen LogP) is 3.18. The summed E-state index contributed by atoms with van der Waals surface area (Å²) in [5, 5.41) is 2.64. The predicted molar refractivity (Wildman–Crippen MR) is 103 cm³/mol. The molecule has 27 heavy (non-hydrogen) atoms. The second-order valence-corrected chi connectivity index (χ2v) is 8.26. The summed E-state index contributed by atoms with van der Waals surface area (Å²) in [6, 6.07) is 5.46. The van der Waals surface area contributed by atoms with E-state index < -0.39 is 29.7 Å². The van der Waals surface area contributed by atoms with Gasteiger partial charge in [0.15, 0.2) is 0 Å². The summed E-state index contributed by atoms with van der Waals surface area (Å²) < 4.78 is 11.0. The van der Waals surface area contributed by atoms with E-state index in [1.807, 2.05) is 0 Å². The van der Waals surface area contributed by atoms with Gasteiger partial charge in [-0.05, 0) is 51.3 Å². The van der Waals surface area contributed by atoms with Gasteiger partial charge in [-0.25, -0.2) is 9.59 Å². The van der Waals surface area contributed by atoms with Gasteiger partial charge in [0.1, 0.15) is 17.7 Å². The van der Waals surface area contributed by atoms with E-state index in [1.165, 1.54) is 12.0 Å². The van der Waals surface area contributed by atoms with Gasteiger partial charge in [-0.1, -0.05) is 28.1 Å². The molecule has 2 rings (SSSR count). The maximum Gasteiger partial charge on any atom is 0.408 e. The van der Waals surface area contributed by atoms with E-state index in [0.717, 1.165) is 4.47 Å². The number of rotatable bonds is 4. The minimum absolute atomic E-state index is 0.365. The molecule has 8 heteroatoms. The van der Waals surface area contributed by atoms with E-state index in [4.69, 9.17) is 9.47 Å². The third-order valence-electron chi connectivity index (χ3n) is 4.12. The number of esters is 1. The number of amides is 2. The lowest BCUT2D eigenvalue weighted by Gasteiger charge is -2.29. The van der Waals surface area contributed by atoms with Crippen molar-refractivity contribution in [3.05, 3.63) is 34.3 Å². The van der Waals surface area contributed by atoms with Gasteiger partial charge >= 0.3 is 12.1 Å². The smallest absolute Gasteiger partial charge is 0.408 e. The zero-order valence-electron chi connectivity index (χ0n) is 16.0. The first-order valence-electron chi connectivity index (χ1n) is 8.75. The third-order valence-corrected chi connectivity index (χ3v) is 4.65. The van der Waals surface area contributed by atoms with Crippen LogP contribution in [0, 0.1) is 0 Å². The molecule has 0 aromatic heterocycles. The number of nitrogens with one attached hydrogen (secondary N) is 1. The molecule has 1 heterocycles. The highest BCUT2D eigenvalue weighted by molar-refractivity contribution is 9.10. The number of ether oxygens (including phenoxy) is 2. The maximum absolute atomic E-state index is 13.2. The number of hydrogen-bond donors (Lipinski definition) is 1. The lowest BCUT2D eigenvalue weighted by molar-refractivity contribution is -0.151. The van der Waals surface area contributed by atoms with E-state index in [2.05, 4.69) is 21.2 Å². The van der Waals surface area contributed by atoms with Crippen LogP contribution in [0.1, 0.15) is 45.2 Å². The number of hydrogen-bond acceptors (Lipinski definition) is 5. The summed E-state index contributed by atoms with van der Waals surface area (Å²) in [7, 11) is 1.30. The van der Waals surface area contributed by atoms with Gasteiger partial charge in [0, 0.05) is 11.0 Å². The van der Waals surface area contributed by atoms with Crippen molar-refractivity contribution in [2.45, 2.75) is 51.3 Å². The number of carbonyl (C=O) groups excluding carboxylic acids is 3. The molecule has 1 N–H and O–H groups in total. The zero-order valence-corrected chi connectivity index (χ0v) is 17.5. The van der Waals surface area contributed by atoms with Gasteiger partial charge in [0.05, 0.1) is 7.11 Å². The number of carbonyl (C=O) groups is 3. The summed E-state index contributed by atoms with van der Waals surface area (Å²) in [4.78, 5) is 39.0. The van der Waals surface area contributed by atoms with Crippen LogP contribution in [0.4, 0.5) is 4.79 Å². The number of nitrogens with zero attached hydrogens (tertiary/aromatic N) is 1. The first-order chi connectivity index (χ1) is 12.6. The summed E-state index contributed by atoms with van der Waals surface area (Å²) in [6.07, 6.45) is 0.542. The molecule has 1 saturated heterocycles. The van der Waals surface area contributed by atoms with Crippen molar-refractivity contribution in [2.75, 3.05) is 13.7 Å². The van der Waals surface area contributed by atoms with Crippen LogP contribution in [0.15, 0.2) is 28.7 Å². The average Bonchev–Trinajstić information content (AvgIpc) is 3.07. The molecule has 2 unspecified atom stereocenters. The Balaban J connectivity index is 2.28. The van der Waals surface area contributed by atoms with E-state index in [-0.39, 0.29) is 5.91 Å². The molecule has 2 amide bonds. The van der Waals surface area contributed by atoms with Crippen molar-refractivity contribution in [3.8, 4) is 0 Å². The lowest BCUT2D eigenvalue weighted by Crippen LogP contribution is -2.48. The topological polar surface area (TPSA) is 84.9 Å². The molecule has 0 radical (unpaired) electrons. The van der Waals surface area contributed by atoms with Crippen LogP contribution in [0.2, 0.25) is 0 Å². The van der Waals surface area contributed by atoms with Gasteiger partial charge in [0.2, 0.25) is 0 Å². The molecule has 1 aliphatic rings. The van der Waals surface area contributed by atoms with Crippen molar-refractivity contribution in [3.63, 3.8) is 0 Å². The molecular weight excluding hydrogens is 416 g/mol. The van der Waals surface area contributed by atoms with Crippen molar-refractivity contribution in [1.29, 1.82) is 0 Å². The SMILES string of the molecule is COC(=O)C1CCCN1C(=O)C(NC(=O)OC(C)(C)C)c1ccc(Br)cc1. The van der Waals surface area contributed by atoms with Crippen molar-refractivity contribution in [1.82, 2.24) is 10.2 Å². The lowest BCUT2D eigenvalue weighted by atomic mass is 10.1. The summed E-state index contributed by atoms with van der Waals surface area (Å²) in [5.74, 6) is -0.816. The van der Waals surface area contributed by atoms with Crippen LogP contribution in [-0.2, 0) is 19.1 Å². The standard InChI is InChI=1S/C19H25BrN2O5/c1-19(2,3)27-18(25)21-15(12-7-9-13(20)10-8-12)16(23)22-11-5-6-14(22)17(24)26-4/h7-10,14-15H,5-6,11H2,1-4H3,(H,21,25). The van der Waals surface area contributed by atoms with Crippen molar-refractivity contribution < 1.29 is 23.9 Å². The highest BCUT2D eigenvalue weighted by Crippen LogP contribution is 2.25. The highest BCUT2D eigenvalue weighted by atomic mass is 79.9.